The van der Waals surface area contributed by atoms with E-state index in [4.69, 9.17) is 16.6 Å². The van der Waals surface area contributed by atoms with Crippen LogP contribution >= 0.6 is 0 Å². The summed E-state index contributed by atoms with van der Waals surface area (Å²) in [6.07, 6.45) is 15.1. The smallest absolute Gasteiger partial charge is 0.308 e. The number of unbranched alkanes of at least 4 members (excludes halogenated alkanes) is 15. The Morgan fingerprint density at radius 3 is 1.34 bits per heavy atom. The molecule has 0 spiro atoms. The normalized spacial score (nSPS) is 14.9. The van der Waals surface area contributed by atoms with Gasteiger partial charge >= 0.3 is 11.9 Å². The van der Waals surface area contributed by atoms with E-state index in [2.05, 4.69) is 6.92 Å². The van der Waals surface area contributed by atoms with Gasteiger partial charge in [-0.25, -0.2) is 0 Å². The van der Waals surface area contributed by atoms with Crippen LogP contribution in [0.15, 0.2) is 0 Å². The second kappa shape index (κ2) is 18.9. The fraction of sp³-hybridized carbons (Fsp3) is 0.846. The van der Waals surface area contributed by atoms with E-state index in [1.54, 1.807) is 0 Å². The zero-order valence-corrected chi connectivity index (χ0v) is 23.6. The van der Waals surface area contributed by atoms with Crippen molar-refractivity contribution in [3.63, 3.8) is 0 Å². The zero-order chi connectivity index (χ0) is 29.2. The summed E-state index contributed by atoms with van der Waals surface area (Å²) in [6, 6.07) is 0. The van der Waals surface area contributed by atoms with Crippen LogP contribution in [0.5, 0.6) is 0 Å². The van der Waals surface area contributed by atoms with E-state index < -0.39 is 63.3 Å². The van der Waals surface area contributed by atoms with Gasteiger partial charge in [0.25, 0.3) is 10.1 Å². The maximum absolute atomic E-state index is 12.5. The predicted molar refractivity (Wildman–Crippen MR) is 144 cm³/mol. The highest BCUT2D eigenvalue weighted by Crippen LogP contribution is 2.42. The number of primary amides is 2. The molecule has 2 amide bonds. The molecule has 38 heavy (non-hydrogen) atoms. The Balaban J connectivity index is 4.84. The molecule has 0 bridgehead atoms. The molecule has 0 saturated heterocycles. The highest BCUT2D eigenvalue weighted by Gasteiger charge is 2.60. The average molecular weight is 565 g/mol. The van der Waals surface area contributed by atoms with Gasteiger partial charge in [0.2, 0.25) is 11.8 Å². The van der Waals surface area contributed by atoms with Crippen molar-refractivity contribution in [1.82, 2.24) is 0 Å². The number of aliphatic carboxylic acids is 2. The first-order chi connectivity index (χ1) is 17.8. The van der Waals surface area contributed by atoms with Gasteiger partial charge < -0.3 is 21.7 Å². The Kier molecular flexibility index (Phi) is 17.8. The maximum atomic E-state index is 12.5. The first-order valence-electron chi connectivity index (χ1n) is 13.8. The lowest BCUT2D eigenvalue weighted by Crippen LogP contribution is -2.61. The summed E-state index contributed by atoms with van der Waals surface area (Å²) in [6.45, 7) is 2.21. The third-order valence-electron chi connectivity index (χ3n) is 7.23. The Bertz CT molecular complexity index is 848. The Hall–Kier alpha value is -2.21. The van der Waals surface area contributed by atoms with Gasteiger partial charge in [0, 0.05) is 0 Å². The van der Waals surface area contributed by atoms with E-state index in [0.717, 1.165) is 25.7 Å². The average Bonchev–Trinajstić information content (AvgIpc) is 2.79. The lowest BCUT2D eigenvalue weighted by molar-refractivity contribution is -0.159. The molecule has 11 nitrogen and oxygen atoms in total. The summed E-state index contributed by atoms with van der Waals surface area (Å²) in [5.41, 5.74) is 7.84. The van der Waals surface area contributed by atoms with Crippen molar-refractivity contribution in [1.29, 1.82) is 0 Å². The summed E-state index contributed by atoms with van der Waals surface area (Å²) >= 11 is 0. The van der Waals surface area contributed by atoms with Crippen LogP contribution in [0.4, 0.5) is 0 Å². The molecule has 7 N–H and O–H groups in total. The molecular formula is C26H48N2O9S. The van der Waals surface area contributed by atoms with Crippen molar-refractivity contribution < 1.29 is 42.4 Å². The van der Waals surface area contributed by atoms with Crippen LogP contribution in [0, 0.1) is 11.3 Å². The molecule has 0 aromatic carbocycles. The highest BCUT2D eigenvalue weighted by atomic mass is 32.2. The number of hydrogen-bond acceptors (Lipinski definition) is 6. The largest absolute Gasteiger partial charge is 0.481 e. The van der Waals surface area contributed by atoms with E-state index in [1.807, 2.05) is 0 Å². The van der Waals surface area contributed by atoms with Gasteiger partial charge in [0.1, 0.15) is 0 Å². The number of hydrogen-bond donors (Lipinski definition) is 5. The maximum Gasteiger partial charge on any atom is 0.308 e. The SMILES string of the molecule is CCCCCCCCCCCCCCCCCCC(C(N)=O)(C(CC(=O)O)C(=O)O)C(C(N)=O)S(=O)(=O)O. The van der Waals surface area contributed by atoms with Crippen molar-refractivity contribution in [2.24, 2.45) is 22.8 Å². The summed E-state index contributed by atoms with van der Waals surface area (Å²) in [5.74, 6) is -8.87. The van der Waals surface area contributed by atoms with Gasteiger partial charge in [-0.1, -0.05) is 110 Å². The molecule has 0 aromatic heterocycles. The van der Waals surface area contributed by atoms with Crippen molar-refractivity contribution in [2.75, 3.05) is 0 Å². The minimum Gasteiger partial charge on any atom is -0.481 e. The van der Waals surface area contributed by atoms with E-state index >= 15 is 0 Å². The van der Waals surface area contributed by atoms with E-state index in [0.29, 0.717) is 12.8 Å². The second-order valence-electron chi connectivity index (χ2n) is 10.2. The zero-order valence-electron chi connectivity index (χ0n) is 22.7. The van der Waals surface area contributed by atoms with Gasteiger partial charge in [0.05, 0.1) is 17.8 Å². The summed E-state index contributed by atoms with van der Waals surface area (Å²) in [7, 11) is -5.38. The molecule has 3 unspecified atom stereocenters. The van der Waals surface area contributed by atoms with Crippen LogP contribution in [0.3, 0.4) is 0 Å². The van der Waals surface area contributed by atoms with Crippen LogP contribution in [0.25, 0.3) is 0 Å². The third kappa shape index (κ3) is 13.0. The molecule has 0 aliphatic heterocycles. The minimum absolute atomic E-state index is 0.0872. The van der Waals surface area contributed by atoms with Gasteiger partial charge in [0.15, 0.2) is 5.25 Å². The Morgan fingerprint density at radius 1 is 0.711 bits per heavy atom. The van der Waals surface area contributed by atoms with Crippen LogP contribution in [-0.4, -0.2) is 52.2 Å². The quantitative estimate of drug-likeness (QED) is 0.0797. The molecule has 3 atom stereocenters. The molecule has 0 saturated carbocycles. The molecule has 0 heterocycles. The monoisotopic (exact) mass is 564 g/mol. The highest BCUT2D eigenvalue weighted by molar-refractivity contribution is 7.87. The van der Waals surface area contributed by atoms with Crippen molar-refractivity contribution in [2.45, 2.75) is 128 Å². The minimum atomic E-state index is -5.38. The fourth-order valence-corrected chi connectivity index (χ4v) is 6.43. The van der Waals surface area contributed by atoms with Crippen molar-refractivity contribution in [3.8, 4) is 0 Å². The summed E-state index contributed by atoms with van der Waals surface area (Å²) < 4.78 is 33.7. The second-order valence-corrected chi connectivity index (χ2v) is 11.7. The number of nitrogens with two attached hydrogens (primary N) is 2. The summed E-state index contributed by atoms with van der Waals surface area (Å²) in [4.78, 5) is 47.7. The lowest BCUT2D eigenvalue weighted by atomic mass is 9.66. The van der Waals surface area contributed by atoms with Crippen LogP contribution in [0.2, 0.25) is 0 Å². The number of carboxylic acid groups (broad SMARTS) is 2. The van der Waals surface area contributed by atoms with Crippen molar-refractivity contribution >= 4 is 33.9 Å². The number of amides is 2. The van der Waals surface area contributed by atoms with Gasteiger partial charge in [-0.3, -0.25) is 23.7 Å². The number of carboxylic acids is 2. The van der Waals surface area contributed by atoms with Gasteiger partial charge in [-0.05, 0) is 6.42 Å². The molecular weight excluding hydrogens is 516 g/mol. The summed E-state index contributed by atoms with van der Waals surface area (Å²) in [5, 5.41) is 16.1. The van der Waals surface area contributed by atoms with Gasteiger partial charge in [-0.15, -0.1) is 0 Å². The standard InChI is InChI=1S/C26H48N2O9S/c1-2-3-4-5-6-7-8-9-10-11-12-13-14-15-16-17-18-26(25(28)34,20(24(32)33)19-21(29)30)22(23(27)31)38(35,36)37/h20,22H,2-19H2,1H3,(H2,27,31)(H2,28,34)(H,29,30)(H,32,33)(H,35,36,37). The van der Waals surface area contributed by atoms with Crippen molar-refractivity contribution in [3.05, 3.63) is 0 Å². The molecule has 0 fully saturated rings. The molecule has 222 valence electrons. The Morgan fingerprint density at radius 2 is 1.08 bits per heavy atom. The third-order valence-corrected chi connectivity index (χ3v) is 8.47. The van der Waals surface area contributed by atoms with E-state index in [9.17, 15) is 37.3 Å². The number of carbonyl (C=O) groups excluding carboxylic acids is 2. The topological polar surface area (TPSA) is 215 Å². The fourth-order valence-electron chi connectivity index (χ4n) is 5.21. The molecule has 0 aliphatic carbocycles. The number of carbonyl (C=O) groups is 4. The van der Waals surface area contributed by atoms with Gasteiger partial charge in [-0.2, -0.15) is 8.42 Å². The first-order valence-corrected chi connectivity index (χ1v) is 15.3. The molecule has 0 aromatic rings. The molecule has 0 radical (unpaired) electrons. The Labute approximate surface area is 226 Å². The lowest BCUT2D eigenvalue weighted by Gasteiger charge is -2.38. The predicted octanol–water partition coefficient (Wildman–Crippen LogP) is 4.03. The van der Waals surface area contributed by atoms with Crippen LogP contribution < -0.4 is 11.5 Å². The van der Waals surface area contributed by atoms with E-state index in [1.165, 1.54) is 57.8 Å². The van der Waals surface area contributed by atoms with Crippen LogP contribution in [-0.2, 0) is 29.3 Å². The number of rotatable bonds is 25. The first kappa shape index (κ1) is 35.8. The molecule has 12 heteroatoms. The van der Waals surface area contributed by atoms with E-state index in [-0.39, 0.29) is 6.42 Å². The molecule has 0 rings (SSSR count). The molecule has 0 aliphatic rings. The van der Waals surface area contributed by atoms with Crippen LogP contribution in [0.1, 0.15) is 122 Å².